The molecule has 2 atom stereocenters. The summed E-state index contributed by atoms with van der Waals surface area (Å²) >= 11 is 3.62. The lowest BCUT2D eigenvalue weighted by Crippen LogP contribution is -2.48. The van der Waals surface area contributed by atoms with E-state index in [1.54, 1.807) is 7.11 Å². The van der Waals surface area contributed by atoms with Crippen molar-refractivity contribution in [2.24, 2.45) is 11.3 Å². The zero-order valence-electron chi connectivity index (χ0n) is 20.5. The van der Waals surface area contributed by atoms with E-state index in [0.29, 0.717) is 56.4 Å². The molecule has 1 N–H and O–H groups in total. The third-order valence-corrected chi connectivity index (χ3v) is 7.25. The van der Waals surface area contributed by atoms with Crippen LogP contribution in [0, 0.1) is 11.3 Å². The van der Waals surface area contributed by atoms with Crippen LogP contribution in [0.2, 0.25) is 0 Å². The Bertz CT molecular complexity index is 1060. The Hall–Kier alpha value is -2.32. The number of carbonyl (C=O) groups excluding carboxylic acids is 2. The van der Waals surface area contributed by atoms with Crippen LogP contribution in [0.5, 0.6) is 11.5 Å². The third kappa shape index (κ3) is 4.62. The summed E-state index contributed by atoms with van der Waals surface area (Å²) in [7, 11) is 1.60. The maximum Gasteiger partial charge on any atom is 0.252 e. The van der Waals surface area contributed by atoms with Gasteiger partial charge in [-0.25, -0.2) is 0 Å². The third-order valence-electron chi connectivity index (χ3n) is 6.66. The van der Waals surface area contributed by atoms with Gasteiger partial charge in [-0.2, -0.15) is 0 Å². The van der Waals surface area contributed by atoms with Crippen molar-refractivity contribution >= 4 is 27.6 Å². The van der Waals surface area contributed by atoms with Crippen LogP contribution in [-0.4, -0.2) is 56.6 Å². The predicted molar refractivity (Wildman–Crippen MR) is 133 cm³/mol. The van der Waals surface area contributed by atoms with Gasteiger partial charge in [0.25, 0.3) is 5.91 Å². The number of Topliss-reactive ketones (excluding diaryl/α,β-unsaturated/α-hetero) is 1. The molecule has 3 aliphatic rings. The molecule has 2 unspecified atom stereocenters. The molecule has 184 valence electrons. The second-order valence-corrected chi connectivity index (χ2v) is 10.6. The number of fused-ring (bicyclic) bond motifs is 1. The molecule has 4 rings (SSSR count). The van der Waals surface area contributed by atoms with Crippen LogP contribution in [-0.2, 0) is 14.3 Å². The van der Waals surface area contributed by atoms with Crippen LogP contribution in [0.1, 0.15) is 45.6 Å². The molecule has 1 aromatic rings. The number of nitrogens with zero attached hydrogens (tertiary/aromatic N) is 1. The zero-order chi connectivity index (χ0) is 24.6. The average molecular weight is 533 g/mol. The summed E-state index contributed by atoms with van der Waals surface area (Å²) in [6, 6.07) is 3.86. The highest BCUT2D eigenvalue weighted by Crippen LogP contribution is 2.49. The maximum absolute atomic E-state index is 13.8. The molecule has 0 radical (unpaired) electrons. The van der Waals surface area contributed by atoms with E-state index in [2.05, 4.69) is 41.2 Å². The Morgan fingerprint density at radius 1 is 1.26 bits per heavy atom. The lowest BCUT2D eigenvalue weighted by molar-refractivity contribution is -0.132. The molecule has 1 aromatic carbocycles. The number of hydrogen-bond donors (Lipinski definition) is 1. The number of ketones is 1. The first kappa shape index (κ1) is 24.8. The fraction of sp³-hybridized carbons (Fsp3) is 0.538. The number of methoxy groups -OCH3 is 1. The summed E-state index contributed by atoms with van der Waals surface area (Å²) in [6.45, 7) is 10.5. The van der Waals surface area contributed by atoms with Gasteiger partial charge in [0.1, 0.15) is 5.78 Å². The lowest BCUT2D eigenvalue weighted by atomic mass is 9.66. The Morgan fingerprint density at radius 3 is 2.62 bits per heavy atom. The highest BCUT2D eigenvalue weighted by atomic mass is 79.9. The number of allylic oxidation sites excluding steroid dienone is 3. The van der Waals surface area contributed by atoms with Crippen LogP contribution in [0.15, 0.2) is 39.6 Å². The molecule has 1 fully saturated rings. The van der Waals surface area contributed by atoms with Crippen molar-refractivity contribution < 1.29 is 23.8 Å². The number of hydrogen-bond acceptors (Lipinski definition) is 6. The number of rotatable bonds is 5. The summed E-state index contributed by atoms with van der Waals surface area (Å²) in [5, 5.41) is 3.42. The van der Waals surface area contributed by atoms with Crippen LogP contribution in [0.3, 0.4) is 0 Å². The van der Waals surface area contributed by atoms with Gasteiger partial charge in [0.15, 0.2) is 11.5 Å². The molecule has 7 nitrogen and oxygen atoms in total. The molecule has 1 aliphatic carbocycles. The summed E-state index contributed by atoms with van der Waals surface area (Å²) in [5.41, 5.74) is 2.87. The molecule has 2 aliphatic heterocycles. The topological polar surface area (TPSA) is 77.1 Å². The fourth-order valence-electron chi connectivity index (χ4n) is 5.28. The average Bonchev–Trinajstić information content (AvgIpc) is 2.77. The van der Waals surface area contributed by atoms with E-state index in [1.165, 1.54) is 0 Å². The van der Waals surface area contributed by atoms with Gasteiger partial charge >= 0.3 is 0 Å². The van der Waals surface area contributed by atoms with Gasteiger partial charge in [-0.3, -0.25) is 9.59 Å². The molecule has 0 spiro atoms. The van der Waals surface area contributed by atoms with E-state index in [9.17, 15) is 9.59 Å². The highest BCUT2D eigenvalue weighted by Gasteiger charge is 2.47. The van der Waals surface area contributed by atoms with Gasteiger partial charge in [-0.1, -0.05) is 19.9 Å². The minimum atomic E-state index is -0.466. The minimum Gasteiger partial charge on any atom is -0.492 e. The first-order valence-electron chi connectivity index (χ1n) is 11.8. The van der Waals surface area contributed by atoms with Gasteiger partial charge in [-0.05, 0) is 52.9 Å². The molecule has 0 aromatic heterocycles. The van der Waals surface area contributed by atoms with E-state index in [-0.39, 0.29) is 17.1 Å². The molecule has 8 heteroatoms. The molecular formula is C26H33BrN2O5. The van der Waals surface area contributed by atoms with Crippen LogP contribution in [0.25, 0.3) is 0 Å². The number of morpholine rings is 1. The molecule has 34 heavy (non-hydrogen) atoms. The largest absolute Gasteiger partial charge is 0.492 e. The highest BCUT2D eigenvalue weighted by molar-refractivity contribution is 9.10. The molecule has 1 amide bonds. The summed E-state index contributed by atoms with van der Waals surface area (Å²) in [6.07, 6.45) is 2.57. The van der Waals surface area contributed by atoms with Crippen LogP contribution < -0.4 is 14.8 Å². The Morgan fingerprint density at radius 2 is 1.97 bits per heavy atom. The maximum atomic E-state index is 13.8. The number of benzene rings is 1. The SMILES string of the molecule is CCOc1cc(C2C(C(=O)N3CCOCC3)=C(C)NC3=CC(C)(C)CC(=O)C32)cc(Br)c1OC. The van der Waals surface area contributed by atoms with E-state index >= 15 is 0 Å². The number of carbonyl (C=O) groups is 2. The van der Waals surface area contributed by atoms with Crippen molar-refractivity contribution in [1.82, 2.24) is 10.2 Å². The van der Waals surface area contributed by atoms with Gasteiger partial charge < -0.3 is 24.4 Å². The van der Waals surface area contributed by atoms with E-state index in [0.717, 1.165) is 21.4 Å². The van der Waals surface area contributed by atoms with E-state index in [1.807, 2.05) is 30.9 Å². The van der Waals surface area contributed by atoms with Gasteiger partial charge in [-0.15, -0.1) is 0 Å². The summed E-state index contributed by atoms with van der Waals surface area (Å²) in [4.78, 5) is 29.3. The Balaban J connectivity index is 1.90. The molecule has 0 bridgehead atoms. The predicted octanol–water partition coefficient (Wildman–Crippen LogP) is 4.18. The second-order valence-electron chi connectivity index (χ2n) is 9.72. The minimum absolute atomic E-state index is 0.0557. The first-order chi connectivity index (χ1) is 16.2. The fourth-order valence-corrected chi connectivity index (χ4v) is 5.90. The summed E-state index contributed by atoms with van der Waals surface area (Å²) < 4.78 is 17.6. The number of amides is 1. The molecular weight excluding hydrogens is 500 g/mol. The van der Waals surface area contributed by atoms with Crippen molar-refractivity contribution in [2.45, 2.75) is 40.0 Å². The lowest BCUT2D eigenvalue weighted by Gasteiger charge is -2.43. The number of nitrogens with one attached hydrogen (secondary N) is 1. The van der Waals surface area contributed by atoms with Crippen molar-refractivity contribution in [2.75, 3.05) is 40.0 Å². The summed E-state index contributed by atoms with van der Waals surface area (Å²) in [5.74, 6) is 0.343. The van der Waals surface area contributed by atoms with Gasteiger partial charge in [0.2, 0.25) is 0 Å². The second kappa shape index (κ2) is 9.74. The first-order valence-corrected chi connectivity index (χ1v) is 12.6. The van der Waals surface area contributed by atoms with Crippen molar-refractivity contribution in [3.8, 4) is 11.5 Å². The standard InChI is InChI=1S/C26H33BrN2O5/c1-6-34-20-12-16(11-17(27)24(20)32-5)22-21(25(31)29-7-9-33-10-8-29)15(2)28-18-13-26(3,4)14-19(30)23(18)22/h11-13,22-23,28H,6-10,14H2,1-5H3. The van der Waals surface area contributed by atoms with Crippen LogP contribution >= 0.6 is 15.9 Å². The Labute approximate surface area is 209 Å². The number of halogens is 1. The van der Waals surface area contributed by atoms with E-state index in [4.69, 9.17) is 14.2 Å². The quantitative estimate of drug-likeness (QED) is 0.613. The van der Waals surface area contributed by atoms with Gasteiger partial charge in [0, 0.05) is 42.4 Å². The molecule has 2 heterocycles. The normalized spacial score (nSPS) is 24.2. The molecule has 1 saturated heterocycles. The van der Waals surface area contributed by atoms with Crippen molar-refractivity contribution in [3.05, 3.63) is 45.2 Å². The Kier molecular flexibility index (Phi) is 7.10. The van der Waals surface area contributed by atoms with Crippen molar-refractivity contribution in [3.63, 3.8) is 0 Å². The zero-order valence-corrected chi connectivity index (χ0v) is 22.1. The van der Waals surface area contributed by atoms with E-state index < -0.39 is 11.8 Å². The van der Waals surface area contributed by atoms with Crippen LogP contribution in [0.4, 0.5) is 0 Å². The monoisotopic (exact) mass is 532 g/mol. The van der Waals surface area contributed by atoms with Gasteiger partial charge in [0.05, 0.1) is 37.3 Å². The number of ether oxygens (including phenoxy) is 3. The van der Waals surface area contributed by atoms with Crippen molar-refractivity contribution in [1.29, 1.82) is 0 Å². The smallest absolute Gasteiger partial charge is 0.252 e. The molecule has 0 saturated carbocycles.